The van der Waals surface area contributed by atoms with Crippen LogP contribution in [0.1, 0.15) is 26.3 Å². The Hall–Kier alpha value is -1.95. The van der Waals surface area contributed by atoms with Gasteiger partial charge < -0.3 is 14.8 Å². The second-order valence-corrected chi connectivity index (χ2v) is 7.51. The molecule has 1 N–H and O–H groups in total. The predicted molar refractivity (Wildman–Crippen MR) is 98.9 cm³/mol. The van der Waals surface area contributed by atoms with Crippen molar-refractivity contribution in [3.05, 3.63) is 30.0 Å². The van der Waals surface area contributed by atoms with E-state index in [0.29, 0.717) is 11.5 Å². The van der Waals surface area contributed by atoms with E-state index in [4.69, 9.17) is 9.47 Å². The molecule has 1 aromatic carbocycles. The third-order valence-corrected chi connectivity index (χ3v) is 4.07. The molecule has 0 aliphatic carbocycles. The smallest absolute Gasteiger partial charge is 0.272 e. The molecule has 1 amide bonds. The van der Waals surface area contributed by atoms with Gasteiger partial charge in [-0.05, 0) is 57.7 Å². The quantitative estimate of drug-likeness (QED) is 0.838. The number of benzene rings is 1. The van der Waals surface area contributed by atoms with Crippen molar-refractivity contribution >= 4 is 28.6 Å². The predicted octanol–water partition coefficient (Wildman–Crippen LogP) is 3.53. The van der Waals surface area contributed by atoms with Gasteiger partial charge in [-0.25, -0.2) is 0 Å². The molecule has 0 fully saturated rings. The van der Waals surface area contributed by atoms with E-state index < -0.39 is 5.44 Å². The fourth-order valence-corrected chi connectivity index (χ4v) is 2.80. The third kappa shape index (κ3) is 4.54. The molecule has 0 saturated heterocycles. The van der Waals surface area contributed by atoms with Crippen molar-refractivity contribution in [1.82, 2.24) is 10.3 Å². The lowest BCUT2D eigenvalue weighted by molar-refractivity contribution is -0.125. The van der Waals surface area contributed by atoms with Gasteiger partial charge >= 0.3 is 0 Å². The number of hydrogen-bond acceptors (Lipinski definition) is 5. The topological polar surface area (TPSA) is 60.5 Å². The molecule has 24 heavy (non-hydrogen) atoms. The number of carbonyl (C=O) groups is 1. The molecule has 5 nitrogen and oxygen atoms in total. The Kier molecular flexibility index (Phi) is 5.59. The molecule has 0 aliphatic heterocycles. The number of amides is 1. The Morgan fingerprint density at radius 1 is 1.25 bits per heavy atom. The van der Waals surface area contributed by atoms with Crippen LogP contribution < -0.4 is 14.8 Å². The van der Waals surface area contributed by atoms with Crippen molar-refractivity contribution < 1.29 is 14.3 Å². The number of aromatic nitrogens is 1. The van der Waals surface area contributed by atoms with Gasteiger partial charge in [0.2, 0.25) is 5.44 Å². The van der Waals surface area contributed by atoms with E-state index in [9.17, 15) is 4.79 Å². The summed E-state index contributed by atoms with van der Waals surface area (Å²) >= 11 is 1.36. The van der Waals surface area contributed by atoms with Crippen molar-refractivity contribution in [1.29, 1.82) is 0 Å². The molecule has 1 aromatic heterocycles. The van der Waals surface area contributed by atoms with Crippen LogP contribution in [0.25, 0.3) is 10.9 Å². The van der Waals surface area contributed by atoms with E-state index >= 15 is 0 Å². The Labute approximate surface area is 147 Å². The van der Waals surface area contributed by atoms with Crippen LogP contribution in [-0.2, 0) is 4.79 Å². The lowest BCUT2D eigenvalue weighted by Crippen LogP contribution is -2.46. The number of nitrogens with one attached hydrogen (secondary N) is 1. The van der Waals surface area contributed by atoms with Crippen LogP contribution in [0.5, 0.6) is 11.5 Å². The molecule has 0 radical (unpaired) electrons. The summed E-state index contributed by atoms with van der Waals surface area (Å²) in [7, 11) is 1.61. The minimum atomic E-state index is -0.611. The molecular formula is C18H24N2O3S. The van der Waals surface area contributed by atoms with E-state index in [2.05, 4.69) is 10.3 Å². The normalized spacial score (nSPS) is 12.8. The zero-order chi connectivity index (χ0) is 17.9. The highest BCUT2D eigenvalue weighted by Gasteiger charge is 2.24. The SMILES string of the molecule is COc1cnc2c(C)cc(OC(SC)C(=O)NC(C)(C)C)cc2c1. The molecule has 1 heterocycles. The van der Waals surface area contributed by atoms with Gasteiger partial charge in [-0.2, -0.15) is 0 Å². The molecule has 0 bridgehead atoms. The van der Waals surface area contributed by atoms with E-state index in [1.165, 1.54) is 11.8 Å². The van der Waals surface area contributed by atoms with Crippen molar-refractivity contribution in [2.24, 2.45) is 0 Å². The fraction of sp³-hybridized carbons (Fsp3) is 0.444. The zero-order valence-electron chi connectivity index (χ0n) is 15.0. The summed E-state index contributed by atoms with van der Waals surface area (Å²) in [5.74, 6) is 1.18. The van der Waals surface area contributed by atoms with Gasteiger partial charge in [0, 0.05) is 10.9 Å². The summed E-state index contributed by atoms with van der Waals surface area (Å²) in [6, 6.07) is 5.69. The second kappa shape index (κ2) is 7.30. The molecule has 0 spiro atoms. The van der Waals surface area contributed by atoms with Crippen molar-refractivity contribution in [3.63, 3.8) is 0 Å². The van der Waals surface area contributed by atoms with Crippen LogP contribution in [0.15, 0.2) is 24.4 Å². The summed E-state index contributed by atoms with van der Waals surface area (Å²) in [5, 5.41) is 3.86. The van der Waals surface area contributed by atoms with Crippen molar-refractivity contribution in [3.8, 4) is 11.5 Å². The van der Waals surface area contributed by atoms with Gasteiger partial charge in [-0.15, -0.1) is 11.8 Å². The van der Waals surface area contributed by atoms with E-state index in [1.807, 2.05) is 52.1 Å². The van der Waals surface area contributed by atoms with Gasteiger partial charge in [-0.3, -0.25) is 9.78 Å². The summed E-state index contributed by atoms with van der Waals surface area (Å²) in [5.41, 5.74) is 0.967. The first-order valence-corrected chi connectivity index (χ1v) is 8.98. The Balaban J connectivity index is 2.29. The molecule has 130 valence electrons. The lowest BCUT2D eigenvalue weighted by Gasteiger charge is -2.24. The van der Waals surface area contributed by atoms with Crippen molar-refractivity contribution in [2.75, 3.05) is 13.4 Å². The average molecular weight is 348 g/mol. The van der Waals surface area contributed by atoms with Crippen LogP contribution in [0.3, 0.4) is 0 Å². The number of carbonyl (C=O) groups excluding carboxylic acids is 1. The van der Waals surface area contributed by atoms with Crippen LogP contribution in [0.2, 0.25) is 0 Å². The fourth-order valence-electron chi connectivity index (χ4n) is 2.32. The number of ether oxygens (including phenoxy) is 2. The molecule has 0 aliphatic rings. The number of aryl methyl sites for hydroxylation is 1. The molecule has 0 saturated carbocycles. The summed E-state index contributed by atoms with van der Waals surface area (Å²) in [4.78, 5) is 16.8. The maximum absolute atomic E-state index is 12.4. The van der Waals surface area contributed by atoms with Crippen molar-refractivity contribution in [2.45, 2.75) is 38.7 Å². The van der Waals surface area contributed by atoms with Gasteiger partial charge in [0.05, 0.1) is 18.8 Å². The number of methoxy groups -OCH3 is 1. The van der Waals surface area contributed by atoms with Crippen LogP contribution >= 0.6 is 11.8 Å². The second-order valence-electron chi connectivity index (χ2n) is 6.61. The summed E-state index contributed by atoms with van der Waals surface area (Å²) < 4.78 is 11.1. The zero-order valence-corrected chi connectivity index (χ0v) is 15.8. The average Bonchev–Trinajstić information content (AvgIpc) is 2.50. The number of pyridine rings is 1. The van der Waals surface area contributed by atoms with E-state index in [1.54, 1.807) is 13.3 Å². The number of nitrogens with zero attached hydrogens (tertiary/aromatic N) is 1. The molecule has 2 rings (SSSR count). The highest BCUT2D eigenvalue weighted by molar-refractivity contribution is 7.99. The molecule has 1 unspecified atom stereocenters. The first-order valence-electron chi connectivity index (χ1n) is 7.69. The Morgan fingerprint density at radius 2 is 1.92 bits per heavy atom. The first kappa shape index (κ1) is 18.4. The van der Waals surface area contributed by atoms with Gasteiger partial charge in [0.25, 0.3) is 5.91 Å². The summed E-state index contributed by atoms with van der Waals surface area (Å²) in [6.07, 6.45) is 3.54. The molecule has 2 aromatic rings. The maximum atomic E-state index is 12.4. The molecular weight excluding hydrogens is 324 g/mol. The number of fused-ring (bicyclic) bond motifs is 1. The number of thioether (sulfide) groups is 1. The van der Waals surface area contributed by atoms with Crippen LogP contribution in [-0.4, -0.2) is 35.2 Å². The Bertz CT molecular complexity index is 741. The molecule has 1 atom stereocenters. The van der Waals surface area contributed by atoms with Crippen LogP contribution in [0.4, 0.5) is 0 Å². The largest absolute Gasteiger partial charge is 0.495 e. The minimum Gasteiger partial charge on any atom is -0.495 e. The van der Waals surface area contributed by atoms with E-state index in [-0.39, 0.29) is 11.4 Å². The Morgan fingerprint density at radius 3 is 2.50 bits per heavy atom. The van der Waals surface area contributed by atoms with Crippen LogP contribution in [0, 0.1) is 6.92 Å². The number of rotatable bonds is 5. The first-order chi connectivity index (χ1) is 11.2. The standard InChI is InChI=1S/C18H24N2O3S/c1-11-7-13(8-12-9-14(22-5)10-19-15(11)12)23-17(24-6)16(21)20-18(2,3)4/h7-10,17H,1-6H3,(H,20,21). The highest BCUT2D eigenvalue weighted by Crippen LogP contribution is 2.28. The monoisotopic (exact) mass is 348 g/mol. The number of hydrogen-bond donors (Lipinski definition) is 1. The minimum absolute atomic E-state index is 0.142. The maximum Gasteiger partial charge on any atom is 0.272 e. The third-order valence-electron chi connectivity index (χ3n) is 3.33. The van der Waals surface area contributed by atoms with Gasteiger partial charge in [0.15, 0.2) is 0 Å². The summed E-state index contributed by atoms with van der Waals surface area (Å²) in [6.45, 7) is 7.80. The molecule has 6 heteroatoms. The van der Waals surface area contributed by atoms with E-state index in [0.717, 1.165) is 16.5 Å². The van der Waals surface area contributed by atoms with Gasteiger partial charge in [0.1, 0.15) is 11.5 Å². The van der Waals surface area contributed by atoms with Gasteiger partial charge in [-0.1, -0.05) is 0 Å². The highest BCUT2D eigenvalue weighted by atomic mass is 32.2. The lowest BCUT2D eigenvalue weighted by atomic mass is 10.1.